The number of carbonyl (C=O) groups is 1. The number of H-pyrrole nitrogens is 1. The molecular formula is C15H14N4O2S. The van der Waals surface area contributed by atoms with Gasteiger partial charge in [0.05, 0.1) is 16.7 Å². The molecule has 1 aromatic carbocycles. The average molecular weight is 314 g/mol. The summed E-state index contributed by atoms with van der Waals surface area (Å²) in [6.07, 6.45) is 2.38. The minimum absolute atomic E-state index is 0.193. The summed E-state index contributed by atoms with van der Waals surface area (Å²) in [7, 11) is 1.69. The van der Waals surface area contributed by atoms with Crippen LogP contribution >= 0.6 is 11.3 Å². The fraction of sp³-hybridized carbons (Fsp3) is 0.267. The highest BCUT2D eigenvalue weighted by Gasteiger charge is 2.26. The maximum Gasteiger partial charge on any atom is 0.326 e. The van der Waals surface area contributed by atoms with E-state index in [1.807, 2.05) is 5.38 Å². The van der Waals surface area contributed by atoms with Gasteiger partial charge in [-0.3, -0.25) is 14.7 Å². The summed E-state index contributed by atoms with van der Waals surface area (Å²) in [5.41, 5.74) is 2.80. The van der Waals surface area contributed by atoms with Gasteiger partial charge in [0.25, 0.3) is 5.91 Å². The third-order valence-electron chi connectivity index (χ3n) is 3.90. The van der Waals surface area contributed by atoms with Crippen LogP contribution in [-0.2, 0) is 7.05 Å². The molecule has 1 amide bonds. The van der Waals surface area contributed by atoms with Crippen LogP contribution < -0.4 is 11.0 Å². The first kappa shape index (κ1) is 13.3. The van der Waals surface area contributed by atoms with Gasteiger partial charge < -0.3 is 4.98 Å². The molecule has 22 heavy (non-hydrogen) atoms. The van der Waals surface area contributed by atoms with Crippen LogP contribution in [0.3, 0.4) is 0 Å². The Morgan fingerprint density at radius 3 is 3.05 bits per heavy atom. The van der Waals surface area contributed by atoms with Crippen LogP contribution in [-0.4, -0.2) is 20.4 Å². The van der Waals surface area contributed by atoms with Gasteiger partial charge in [0.1, 0.15) is 0 Å². The van der Waals surface area contributed by atoms with Gasteiger partial charge in [-0.2, -0.15) is 0 Å². The van der Waals surface area contributed by atoms with Crippen molar-refractivity contribution in [1.29, 1.82) is 0 Å². The number of aryl methyl sites for hydroxylation is 1. The van der Waals surface area contributed by atoms with Crippen molar-refractivity contribution in [3.8, 4) is 0 Å². The highest BCUT2D eigenvalue weighted by atomic mass is 32.1. The highest BCUT2D eigenvalue weighted by molar-refractivity contribution is 7.14. The predicted octanol–water partition coefficient (Wildman–Crippen LogP) is 2.45. The minimum Gasteiger partial charge on any atom is -0.306 e. The molecule has 4 rings (SSSR count). The maximum absolute atomic E-state index is 12.3. The molecule has 112 valence electrons. The number of aromatic amines is 1. The van der Waals surface area contributed by atoms with Crippen molar-refractivity contribution in [3.05, 3.63) is 45.3 Å². The van der Waals surface area contributed by atoms with Crippen LogP contribution in [0.15, 0.2) is 28.4 Å². The van der Waals surface area contributed by atoms with Crippen molar-refractivity contribution in [2.24, 2.45) is 7.05 Å². The highest BCUT2D eigenvalue weighted by Crippen LogP contribution is 2.40. The van der Waals surface area contributed by atoms with Crippen molar-refractivity contribution >= 4 is 33.4 Å². The number of amides is 1. The monoisotopic (exact) mass is 314 g/mol. The fourth-order valence-electron chi connectivity index (χ4n) is 2.46. The van der Waals surface area contributed by atoms with Crippen LogP contribution in [0.4, 0.5) is 5.13 Å². The number of hydrogen-bond acceptors (Lipinski definition) is 4. The van der Waals surface area contributed by atoms with E-state index in [1.165, 1.54) is 28.7 Å². The Balaban J connectivity index is 1.59. The summed E-state index contributed by atoms with van der Waals surface area (Å²) >= 11 is 1.45. The number of hydrogen-bond donors (Lipinski definition) is 2. The number of nitrogens with zero attached hydrogens (tertiary/aromatic N) is 2. The molecule has 2 N–H and O–H groups in total. The van der Waals surface area contributed by atoms with E-state index in [2.05, 4.69) is 15.3 Å². The number of benzene rings is 1. The summed E-state index contributed by atoms with van der Waals surface area (Å²) < 4.78 is 1.51. The smallest absolute Gasteiger partial charge is 0.306 e. The second-order valence-electron chi connectivity index (χ2n) is 5.53. The van der Waals surface area contributed by atoms with E-state index in [4.69, 9.17) is 0 Å². The molecule has 7 heteroatoms. The molecule has 2 aromatic heterocycles. The lowest BCUT2D eigenvalue weighted by Crippen LogP contribution is -2.12. The molecule has 1 aliphatic carbocycles. The van der Waals surface area contributed by atoms with Gasteiger partial charge in [-0.15, -0.1) is 11.3 Å². The molecule has 6 nitrogen and oxygen atoms in total. The van der Waals surface area contributed by atoms with E-state index in [9.17, 15) is 9.59 Å². The Bertz CT molecular complexity index is 933. The Kier molecular flexibility index (Phi) is 2.90. The summed E-state index contributed by atoms with van der Waals surface area (Å²) in [5.74, 6) is 0.357. The number of anilines is 1. The van der Waals surface area contributed by atoms with Gasteiger partial charge in [-0.1, -0.05) is 0 Å². The lowest BCUT2D eigenvalue weighted by molar-refractivity contribution is 0.102. The number of fused-ring (bicyclic) bond motifs is 1. The average Bonchev–Trinajstić information content (AvgIpc) is 3.19. The number of nitrogens with one attached hydrogen (secondary N) is 2. The molecule has 0 bridgehead atoms. The molecule has 1 aliphatic rings. The van der Waals surface area contributed by atoms with Gasteiger partial charge in [0, 0.05) is 23.9 Å². The Morgan fingerprint density at radius 1 is 1.45 bits per heavy atom. The number of rotatable bonds is 3. The molecular weight excluding hydrogens is 300 g/mol. The van der Waals surface area contributed by atoms with Gasteiger partial charge in [-0.25, -0.2) is 9.78 Å². The summed E-state index contributed by atoms with van der Waals surface area (Å²) in [5, 5.41) is 5.44. The van der Waals surface area contributed by atoms with E-state index in [0.29, 0.717) is 22.1 Å². The first-order chi connectivity index (χ1) is 10.6. The summed E-state index contributed by atoms with van der Waals surface area (Å²) in [4.78, 5) is 31.1. The van der Waals surface area contributed by atoms with Crippen molar-refractivity contribution < 1.29 is 4.79 Å². The molecule has 0 saturated heterocycles. The quantitative estimate of drug-likeness (QED) is 0.779. The van der Waals surface area contributed by atoms with E-state index in [0.717, 1.165) is 11.2 Å². The maximum atomic E-state index is 12.3. The summed E-state index contributed by atoms with van der Waals surface area (Å²) in [6, 6.07) is 5.15. The number of thiazole rings is 1. The summed E-state index contributed by atoms with van der Waals surface area (Å²) in [6.45, 7) is 0. The Hall–Kier alpha value is -2.41. The largest absolute Gasteiger partial charge is 0.326 e. The van der Waals surface area contributed by atoms with Crippen LogP contribution in [0.25, 0.3) is 11.0 Å². The van der Waals surface area contributed by atoms with E-state index in [1.54, 1.807) is 25.2 Å². The van der Waals surface area contributed by atoms with Crippen LogP contribution in [0.5, 0.6) is 0 Å². The normalized spacial score (nSPS) is 14.4. The topological polar surface area (TPSA) is 79.8 Å². The van der Waals surface area contributed by atoms with Gasteiger partial charge >= 0.3 is 5.69 Å². The second-order valence-corrected chi connectivity index (χ2v) is 6.39. The van der Waals surface area contributed by atoms with Gasteiger partial charge in [0.15, 0.2) is 5.13 Å². The lowest BCUT2D eigenvalue weighted by atomic mass is 10.2. The molecule has 0 unspecified atom stereocenters. The number of aromatic nitrogens is 3. The zero-order valence-electron chi connectivity index (χ0n) is 11.9. The first-order valence-electron chi connectivity index (χ1n) is 7.07. The Morgan fingerprint density at radius 2 is 2.27 bits per heavy atom. The Labute approximate surface area is 129 Å². The molecule has 2 heterocycles. The molecule has 0 radical (unpaired) electrons. The van der Waals surface area contributed by atoms with Crippen LogP contribution in [0, 0.1) is 0 Å². The zero-order chi connectivity index (χ0) is 15.3. The minimum atomic E-state index is -0.219. The lowest BCUT2D eigenvalue weighted by Gasteiger charge is -2.02. The van der Waals surface area contributed by atoms with Crippen molar-refractivity contribution in [1.82, 2.24) is 14.5 Å². The van der Waals surface area contributed by atoms with E-state index >= 15 is 0 Å². The van der Waals surface area contributed by atoms with E-state index in [-0.39, 0.29) is 11.6 Å². The van der Waals surface area contributed by atoms with Gasteiger partial charge in [-0.05, 0) is 31.0 Å². The predicted molar refractivity (Wildman–Crippen MR) is 85.6 cm³/mol. The molecule has 1 fully saturated rings. The number of carbonyl (C=O) groups excluding carboxylic acids is 1. The fourth-order valence-corrected chi connectivity index (χ4v) is 3.25. The molecule has 0 aliphatic heterocycles. The van der Waals surface area contributed by atoms with Crippen LogP contribution in [0.2, 0.25) is 0 Å². The van der Waals surface area contributed by atoms with Crippen LogP contribution in [0.1, 0.15) is 34.8 Å². The third kappa shape index (κ3) is 2.23. The molecule has 0 atom stereocenters. The zero-order valence-corrected chi connectivity index (χ0v) is 12.7. The molecule has 1 saturated carbocycles. The van der Waals surface area contributed by atoms with Crippen molar-refractivity contribution in [3.63, 3.8) is 0 Å². The standard InChI is InChI=1S/C15H14N4O2S/c1-19-12-5-4-9(6-10(12)17-15(19)21)13(20)18-14-16-11(7-22-14)8-2-3-8/h4-8H,2-3H2,1H3,(H,17,21)(H,16,18,20). The van der Waals surface area contributed by atoms with E-state index < -0.39 is 0 Å². The molecule has 0 spiro atoms. The third-order valence-corrected chi connectivity index (χ3v) is 4.68. The number of imidazole rings is 1. The SMILES string of the molecule is Cn1c(=O)[nH]c2cc(C(=O)Nc3nc(C4CC4)cs3)ccc21. The van der Waals surface area contributed by atoms with Crippen molar-refractivity contribution in [2.75, 3.05) is 5.32 Å². The van der Waals surface area contributed by atoms with Crippen molar-refractivity contribution in [2.45, 2.75) is 18.8 Å². The molecule has 3 aromatic rings. The first-order valence-corrected chi connectivity index (χ1v) is 7.95. The second kappa shape index (κ2) is 4.81. The van der Waals surface area contributed by atoms with Gasteiger partial charge in [0.2, 0.25) is 0 Å².